The summed E-state index contributed by atoms with van der Waals surface area (Å²) in [6.45, 7) is 2.20. The largest absolute Gasteiger partial charge is 0.480 e. The molecule has 0 saturated heterocycles. The van der Waals surface area contributed by atoms with Gasteiger partial charge in [0.2, 0.25) is 5.88 Å². The highest BCUT2D eigenvalue weighted by Crippen LogP contribution is 2.35. The molecular formula is C16H20N2OS. The van der Waals surface area contributed by atoms with Crippen LogP contribution < -0.4 is 10.1 Å². The molecule has 0 aromatic carbocycles. The Morgan fingerprint density at radius 1 is 1.35 bits per heavy atom. The number of rotatable bonds is 4. The first-order valence-electron chi connectivity index (χ1n) is 7.15. The second-order valence-electron chi connectivity index (χ2n) is 5.23. The van der Waals surface area contributed by atoms with E-state index in [0.29, 0.717) is 5.88 Å². The molecule has 2 heterocycles. The minimum absolute atomic E-state index is 0.281. The van der Waals surface area contributed by atoms with Gasteiger partial charge >= 0.3 is 0 Å². The summed E-state index contributed by atoms with van der Waals surface area (Å²) in [5, 5.41) is 3.51. The van der Waals surface area contributed by atoms with Gasteiger partial charge in [-0.3, -0.25) is 0 Å². The summed E-state index contributed by atoms with van der Waals surface area (Å²) in [4.78, 5) is 7.21. The number of hydrogen-bond acceptors (Lipinski definition) is 4. The van der Waals surface area contributed by atoms with Gasteiger partial charge in [-0.1, -0.05) is 0 Å². The van der Waals surface area contributed by atoms with Crippen LogP contribution in [-0.4, -0.2) is 12.1 Å². The zero-order valence-corrected chi connectivity index (χ0v) is 12.8. The Morgan fingerprint density at radius 2 is 2.20 bits per heavy atom. The van der Waals surface area contributed by atoms with Crippen LogP contribution >= 0.6 is 11.3 Å². The number of fused-ring (bicyclic) bond motifs is 1. The topological polar surface area (TPSA) is 34.1 Å². The molecule has 1 aliphatic carbocycles. The molecule has 1 unspecified atom stereocenters. The number of ether oxygens (including phenoxy) is 1. The van der Waals surface area contributed by atoms with Crippen LogP contribution in [0.2, 0.25) is 0 Å². The number of nitrogens with zero attached hydrogens (tertiary/aromatic N) is 1. The Kier molecular flexibility index (Phi) is 3.92. The van der Waals surface area contributed by atoms with Crippen LogP contribution in [0.3, 0.4) is 0 Å². The van der Waals surface area contributed by atoms with Crippen molar-refractivity contribution in [3.63, 3.8) is 0 Å². The van der Waals surface area contributed by atoms with Gasteiger partial charge in [0, 0.05) is 16.0 Å². The summed E-state index contributed by atoms with van der Waals surface area (Å²) in [6, 6.07) is 6.59. The summed E-state index contributed by atoms with van der Waals surface area (Å²) in [6.07, 6.45) is 6.92. The molecule has 0 fully saturated rings. The van der Waals surface area contributed by atoms with Gasteiger partial charge in [0.1, 0.15) is 0 Å². The summed E-state index contributed by atoms with van der Waals surface area (Å²) >= 11 is 1.95. The van der Waals surface area contributed by atoms with E-state index in [4.69, 9.17) is 4.74 Å². The molecule has 0 amide bonds. The average Bonchev–Trinajstić information content (AvgIpc) is 2.92. The van der Waals surface area contributed by atoms with Crippen LogP contribution in [0.25, 0.3) is 0 Å². The summed E-state index contributed by atoms with van der Waals surface area (Å²) in [7, 11) is 1.65. The molecule has 20 heavy (non-hydrogen) atoms. The number of nitrogens with one attached hydrogen (secondary N) is 1. The molecule has 3 nitrogen and oxygen atoms in total. The Hall–Kier alpha value is -1.55. The molecule has 0 aliphatic heterocycles. The predicted molar refractivity (Wildman–Crippen MR) is 83.8 cm³/mol. The first kappa shape index (κ1) is 13.4. The van der Waals surface area contributed by atoms with Crippen molar-refractivity contribution in [2.24, 2.45) is 0 Å². The molecule has 0 spiro atoms. The molecule has 3 rings (SSSR count). The van der Waals surface area contributed by atoms with Crippen molar-refractivity contribution in [2.75, 3.05) is 12.4 Å². The zero-order valence-electron chi connectivity index (χ0n) is 12.0. The van der Waals surface area contributed by atoms with Crippen LogP contribution in [0.1, 0.15) is 41.1 Å². The van der Waals surface area contributed by atoms with E-state index in [2.05, 4.69) is 23.3 Å². The highest BCUT2D eigenvalue weighted by molar-refractivity contribution is 7.12. The van der Waals surface area contributed by atoms with Gasteiger partial charge in [0.25, 0.3) is 0 Å². The second kappa shape index (κ2) is 5.83. The quantitative estimate of drug-likeness (QED) is 0.915. The Bertz CT molecular complexity index is 570. The fourth-order valence-electron chi connectivity index (χ4n) is 2.69. The number of aromatic nitrogens is 1. The number of aryl methyl sites for hydroxylation is 2. The van der Waals surface area contributed by atoms with Gasteiger partial charge in [-0.2, -0.15) is 0 Å². The van der Waals surface area contributed by atoms with Crippen molar-refractivity contribution in [1.29, 1.82) is 0 Å². The van der Waals surface area contributed by atoms with E-state index in [9.17, 15) is 0 Å². The van der Waals surface area contributed by atoms with Crippen molar-refractivity contribution < 1.29 is 4.74 Å². The van der Waals surface area contributed by atoms with Crippen LogP contribution in [0.4, 0.5) is 5.69 Å². The number of pyridine rings is 1. The highest BCUT2D eigenvalue weighted by atomic mass is 32.1. The molecule has 0 radical (unpaired) electrons. The van der Waals surface area contributed by atoms with E-state index in [1.807, 2.05) is 23.5 Å². The summed E-state index contributed by atoms with van der Waals surface area (Å²) in [5.41, 5.74) is 2.51. The lowest BCUT2D eigenvalue weighted by atomic mass is 9.99. The summed E-state index contributed by atoms with van der Waals surface area (Å²) < 4.78 is 5.29. The van der Waals surface area contributed by atoms with Crippen molar-refractivity contribution in [1.82, 2.24) is 4.98 Å². The maximum atomic E-state index is 5.29. The van der Waals surface area contributed by atoms with Gasteiger partial charge in [-0.15, -0.1) is 11.3 Å². The minimum Gasteiger partial charge on any atom is -0.480 e. The fourth-order valence-corrected chi connectivity index (χ4v) is 3.95. The van der Waals surface area contributed by atoms with E-state index in [0.717, 1.165) is 5.69 Å². The number of anilines is 1. The average molecular weight is 288 g/mol. The van der Waals surface area contributed by atoms with Gasteiger partial charge < -0.3 is 10.1 Å². The van der Waals surface area contributed by atoms with E-state index in [-0.39, 0.29) is 6.04 Å². The minimum atomic E-state index is 0.281. The number of methoxy groups -OCH3 is 1. The molecule has 2 aromatic rings. The van der Waals surface area contributed by atoms with Gasteiger partial charge in [-0.05, 0) is 56.4 Å². The van der Waals surface area contributed by atoms with E-state index in [1.54, 1.807) is 23.7 Å². The number of hydrogen-bond donors (Lipinski definition) is 1. The Balaban J connectivity index is 1.79. The fraction of sp³-hybridized carbons (Fsp3) is 0.438. The molecule has 1 aliphatic rings. The molecule has 1 N–H and O–H groups in total. The second-order valence-corrected chi connectivity index (χ2v) is 6.40. The highest BCUT2D eigenvalue weighted by Gasteiger charge is 2.17. The van der Waals surface area contributed by atoms with E-state index < -0.39 is 0 Å². The lowest BCUT2D eigenvalue weighted by Crippen LogP contribution is -2.06. The van der Waals surface area contributed by atoms with Crippen molar-refractivity contribution in [2.45, 2.75) is 38.6 Å². The molecule has 0 bridgehead atoms. The maximum Gasteiger partial charge on any atom is 0.237 e. The molecule has 106 valence electrons. The standard InChI is InChI=1S/C16H20N2OS/c1-11(18-13-7-5-9-17-16(13)19-2)15-10-12-6-3-4-8-14(12)20-15/h5,7,9-11,18H,3-4,6,8H2,1-2H3. The smallest absolute Gasteiger partial charge is 0.237 e. The third kappa shape index (κ3) is 2.66. The van der Waals surface area contributed by atoms with Crippen LogP contribution in [0.5, 0.6) is 5.88 Å². The normalized spacial score (nSPS) is 15.5. The number of thiophene rings is 1. The monoisotopic (exact) mass is 288 g/mol. The van der Waals surface area contributed by atoms with Crippen LogP contribution in [0, 0.1) is 0 Å². The Morgan fingerprint density at radius 3 is 3.00 bits per heavy atom. The SMILES string of the molecule is COc1ncccc1NC(C)c1cc2c(s1)CCCC2. The molecule has 2 aromatic heterocycles. The van der Waals surface area contributed by atoms with Crippen LogP contribution in [-0.2, 0) is 12.8 Å². The lowest BCUT2D eigenvalue weighted by Gasteiger charge is -2.15. The first-order valence-corrected chi connectivity index (χ1v) is 7.96. The molecule has 0 saturated carbocycles. The molecule has 1 atom stereocenters. The molecule has 4 heteroatoms. The molecular weight excluding hydrogens is 268 g/mol. The Labute approximate surface area is 124 Å². The van der Waals surface area contributed by atoms with Crippen molar-refractivity contribution in [3.8, 4) is 5.88 Å². The van der Waals surface area contributed by atoms with Gasteiger partial charge in [-0.25, -0.2) is 4.98 Å². The first-order chi connectivity index (χ1) is 9.78. The summed E-state index contributed by atoms with van der Waals surface area (Å²) in [5.74, 6) is 0.653. The van der Waals surface area contributed by atoms with Crippen molar-refractivity contribution >= 4 is 17.0 Å². The zero-order chi connectivity index (χ0) is 13.9. The lowest BCUT2D eigenvalue weighted by molar-refractivity contribution is 0.399. The maximum absolute atomic E-state index is 5.29. The van der Waals surface area contributed by atoms with Gasteiger partial charge in [0.05, 0.1) is 18.8 Å². The predicted octanol–water partition coefficient (Wildman–Crippen LogP) is 4.20. The van der Waals surface area contributed by atoms with E-state index in [1.165, 1.54) is 30.6 Å². The van der Waals surface area contributed by atoms with Crippen molar-refractivity contribution in [3.05, 3.63) is 39.7 Å². The third-order valence-corrected chi connectivity index (χ3v) is 5.20. The van der Waals surface area contributed by atoms with Crippen LogP contribution in [0.15, 0.2) is 24.4 Å². The van der Waals surface area contributed by atoms with Gasteiger partial charge in [0.15, 0.2) is 0 Å². The third-order valence-electron chi connectivity index (χ3n) is 3.78. The van der Waals surface area contributed by atoms with E-state index >= 15 is 0 Å².